The van der Waals surface area contributed by atoms with E-state index in [1.54, 1.807) is 17.0 Å². The molecule has 4 rings (SSSR count). The van der Waals surface area contributed by atoms with Crippen molar-refractivity contribution in [2.24, 2.45) is 5.92 Å². The van der Waals surface area contributed by atoms with Crippen molar-refractivity contribution >= 4 is 5.91 Å². The lowest BCUT2D eigenvalue weighted by Gasteiger charge is -2.32. The maximum Gasteiger partial charge on any atom is 0.257 e. The van der Waals surface area contributed by atoms with E-state index >= 15 is 0 Å². The molecule has 0 atom stereocenters. The minimum absolute atomic E-state index is 0.0463. The number of aromatic nitrogens is 4. The highest BCUT2D eigenvalue weighted by atomic mass is 16.2. The number of piperidine rings is 1. The summed E-state index contributed by atoms with van der Waals surface area (Å²) >= 11 is 0. The zero-order chi connectivity index (χ0) is 18.3. The fourth-order valence-electron chi connectivity index (χ4n) is 3.80. The van der Waals surface area contributed by atoms with E-state index in [-0.39, 0.29) is 11.5 Å². The summed E-state index contributed by atoms with van der Waals surface area (Å²) in [7, 11) is 0. The molecule has 1 saturated carbocycles. The van der Waals surface area contributed by atoms with Gasteiger partial charge in [0.1, 0.15) is 0 Å². The molecule has 1 aliphatic heterocycles. The van der Waals surface area contributed by atoms with Crippen LogP contribution in [0.15, 0.2) is 17.2 Å². The first-order valence-electron chi connectivity index (χ1n) is 9.40. The second-order valence-corrected chi connectivity index (χ2v) is 7.62. The van der Waals surface area contributed by atoms with E-state index in [0.717, 1.165) is 55.9 Å². The molecule has 7 nitrogen and oxygen atoms in total. The van der Waals surface area contributed by atoms with Crippen LogP contribution in [-0.2, 0) is 6.54 Å². The van der Waals surface area contributed by atoms with Gasteiger partial charge in [-0.1, -0.05) is 0 Å². The maximum atomic E-state index is 12.7. The Kier molecular flexibility index (Phi) is 4.38. The van der Waals surface area contributed by atoms with Gasteiger partial charge in [0.25, 0.3) is 11.5 Å². The largest absolute Gasteiger partial charge is 0.339 e. The molecule has 138 valence electrons. The van der Waals surface area contributed by atoms with Gasteiger partial charge in [-0.05, 0) is 45.4 Å². The fraction of sp³-hybridized carbons (Fsp3) is 0.579. The van der Waals surface area contributed by atoms with Crippen LogP contribution in [0.5, 0.6) is 0 Å². The van der Waals surface area contributed by atoms with Gasteiger partial charge in [0.2, 0.25) is 0 Å². The lowest BCUT2D eigenvalue weighted by Crippen LogP contribution is -2.40. The highest BCUT2D eigenvalue weighted by Gasteiger charge is 2.28. The number of aryl methyl sites for hydroxylation is 2. The molecular formula is C19H25N5O2. The van der Waals surface area contributed by atoms with Gasteiger partial charge >= 0.3 is 0 Å². The van der Waals surface area contributed by atoms with Gasteiger partial charge in [-0.3, -0.25) is 19.3 Å². The van der Waals surface area contributed by atoms with E-state index in [9.17, 15) is 9.59 Å². The normalized spacial score (nSPS) is 18.3. The van der Waals surface area contributed by atoms with Crippen molar-refractivity contribution in [3.63, 3.8) is 0 Å². The molecule has 1 amide bonds. The predicted molar refractivity (Wildman–Crippen MR) is 97.2 cm³/mol. The number of carbonyl (C=O) groups is 1. The number of H-pyrrole nitrogens is 1. The van der Waals surface area contributed by atoms with Gasteiger partial charge < -0.3 is 4.90 Å². The number of carbonyl (C=O) groups excluding carboxylic acids is 1. The summed E-state index contributed by atoms with van der Waals surface area (Å²) in [4.78, 5) is 31.4. The first kappa shape index (κ1) is 17.0. The molecule has 1 saturated heterocycles. The Morgan fingerprint density at radius 1 is 1.23 bits per heavy atom. The van der Waals surface area contributed by atoms with Crippen molar-refractivity contribution < 1.29 is 4.79 Å². The molecule has 3 heterocycles. The van der Waals surface area contributed by atoms with Crippen LogP contribution in [0.2, 0.25) is 0 Å². The first-order valence-corrected chi connectivity index (χ1v) is 9.40. The molecule has 2 aromatic heterocycles. The number of hydrogen-bond acceptors (Lipinski definition) is 4. The third-order valence-electron chi connectivity index (χ3n) is 5.59. The molecule has 0 aromatic carbocycles. The summed E-state index contributed by atoms with van der Waals surface area (Å²) in [6.45, 7) is 5.85. The van der Waals surface area contributed by atoms with Crippen molar-refractivity contribution in [3.05, 3.63) is 45.4 Å². The van der Waals surface area contributed by atoms with Crippen LogP contribution in [-0.4, -0.2) is 43.6 Å². The first-order chi connectivity index (χ1) is 12.5. The average molecular weight is 355 g/mol. The summed E-state index contributed by atoms with van der Waals surface area (Å²) in [5, 5.41) is 7.00. The van der Waals surface area contributed by atoms with Crippen molar-refractivity contribution in [1.82, 2.24) is 24.6 Å². The van der Waals surface area contributed by atoms with Crippen LogP contribution in [0.1, 0.15) is 59.0 Å². The van der Waals surface area contributed by atoms with Gasteiger partial charge in [-0.2, -0.15) is 5.10 Å². The van der Waals surface area contributed by atoms with Gasteiger partial charge in [-0.15, -0.1) is 0 Å². The SMILES string of the molecule is Cc1n[nH]c(C)c1C(=O)N1CCC(Cn2cnc(C3CC3)cc2=O)CC1. The average Bonchev–Trinajstić information content (AvgIpc) is 3.42. The third kappa shape index (κ3) is 3.30. The third-order valence-corrected chi connectivity index (χ3v) is 5.59. The number of nitrogens with zero attached hydrogens (tertiary/aromatic N) is 4. The fourth-order valence-corrected chi connectivity index (χ4v) is 3.80. The summed E-state index contributed by atoms with van der Waals surface area (Å²) in [6.07, 6.45) is 5.81. The second-order valence-electron chi connectivity index (χ2n) is 7.62. The molecule has 2 aliphatic rings. The quantitative estimate of drug-likeness (QED) is 0.909. The van der Waals surface area contributed by atoms with E-state index in [0.29, 0.717) is 23.9 Å². The Balaban J connectivity index is 1.36. The molecule has 0 unspecified atom stereocenters. The van der Waals surface area contributed by atoms with E-state index < -0.39 is 0 Å². The molecule has 1 N–H and O–H groups in total. The van der Waals surface area contributed by atoms with Gasteiger partial charge in [-0.25, -0.2) is 4.98 Å². The zero-order valence-corrected chi connectivity index (χ0v) is 15.4. The van der Waals surface area contributed by atoms with E-state index in [4.69, 9.17) is 0 Å². The van der Waals surface area contributed by atoms with Crippen molar-refractivity contribution in [3.8, 4) is 0 Å². The van der Waals surface area contributed by atoms with Crippen molar-refractivity contribution in [1.29, 1.82) is 0 Å². The summed E-state index contributed by atoms with van der Waals surface area (Å²) in [5.41, 5.74) is 3.26. The lowest BCUT2D eigenvalue weighted by molar-refractivity contribution is 0.0681. The highest BCUT2D eigenvalue weighted by molar-refractivity contribution is 5.96. The van der Waals surface area contributed by atoms with Crippen LogP contribution in [0.25, 0.3) is 0 Å². The van der Waals surface area contributed by atoms with E-state index in [1.807, 2.05) is 18.7 Å². The molecule has 2 fully saturated rings. The van der Waals surface area contributed by atoms with Gasteiger partial charge in [0, 0.05) is 37.3 Å². The number of aromatic amines is 1. The van der Waals surface area contributed by atoms with Crippen molar-refractivity contribution in [2.45, 2.75) is 52.0 Å². The lowest BCUT2D eigenvalue weighted by atomic mass is 9.96. The standard InChI is InChI=1S/C19H25N5O2/c1-12-18(13(2)22-21-12)19(26)23-7-5-14(6-8-23)10-24-11-20-16(9-17(24)25)15-3-4-15/h9,11,14-15H,3-8,10H2,1-2H3,(H,21,22). The van der Waals surface area contributed by atoms with Crippen LogP contribution < -0.4 is 5.56 Å². The minimum Gasteiger partial charge on any atom is -0.339 e. The van der Waals surface area contributed by atoms with Crippen LogP contribution in [0.4, 0.5) is 0 Å². The van der Waals surface area contributed by atoms with E-state index in [1.165, 1.54) is 0 Å². The topological polar surface area (TPSA) is 83.9 Å². The summed E-state index contributed by atoms with van der Waals surface area (Å²) in [6, 6.07) is 1.70. The molecule has 2 aromatic rings. The molecule has 0 radical (unpaired) electrons. The number of rotatable bonds is 4. The smallest absolute Gasteiger partial charge is 0.257 e. The number of likely N-dealkylation sites (tertiary alicyclic amines) is 1. The zero-order valence-electron chi connectivity index (χ0n) is 15.4. The minimum atomic E-state index is 0.0463. The molecule has 1 aliphatic carbocycles. The Hall–Kier alpha value is -2.44. The van der Waals surface area contributed by atoms with Crippen LogP contribution in [0.3, 0.4) is 0 Å². The molecule has 0 bridgehead atoms. The Labute approximate surface area is 152 Å². The van der Waals surface area contributed by atoms with Crippen LogP contribution >= 0.6 is 0 Å². The summed E-state index contributed by atoms with van der Waals surface area (Å²) < 4.78 is 1.72. The van der Waals surface area contributed by atoms with E-state index in [2.05, 4.69) is 15.2 Å². The molecular weight excluding hydrogens is 330 g/mol. The summed E-state index contributed by atoms with van der Waals surface area (Å²) in [5.74, 6) is 0.957. The number of amides is 1. The Morgan fingerprint density at radius 3 is 2.54 bits per heavy atom. The number of nitrogens with one attached hydrogen (secondary N) is 1. The Morgan fingerprint density at radius 2 is 1.96 bits per heavy atom. The predicted octanol–water partition coefficient (Wildman–Crippen LogP) is 2.01. The monoisotopic (exact) mass is 355 g/mol. The van der Waals surface area contributed by atoms with Gasteiger partial charge in [0.05, 0.1) is 23.3 Å². The maximum absolute atomic E-state index is 12.7. The highest BCUT2D eigenvalue weighted by Crippen LogP contribution is 2.38. The van der Waals surface area contributed by atoms with Gasteiger partial charge in [0.15, 0.2) is 0 Å². The number of hydrogen-bond donors (Lipinski definition) is 1. The molecule has 26 heavy (non-hydrogen) atoms. The second kappa shape index (κ2) is 6.70. The van der Waals surface area contributed by atoms with Crippen LogP contribution in [0, 0.1) is 19.8 Å². The molecule has 0 spiro atoms. The van der Waals surface area contributed by atoms with Crippen molar-refractivity contribution in [2.75, 3.05) is 13.1 Å². The Bertz CT molecular complexity index is 853. The molecule has 7 heteroatoms.